The number of amides is 1. The second-order valence-corrected chi connectivity index (χ2v) is 7.37. The highest BCUT2D eigenvalue weighted by Gasteiger charge is 2.16. The second kappa shape index (κ2) is 7.88. The molecule has 0 bridgehead atoms. The average molecular weight is 381 g/mol. The van der Waals surface area contributed by atoms with Crippen LogP contribution in [0.25, 0.3) is 11.4 Å². The highest BCUT2D eigenvalue weighted by molar-refractivity contribution is 7.71. The topological polar surface area (TPSA) is 53.9 Å². The molecule has 6 heteroatoms. The summed E-state index contributed by atoms with van der Waals surface area (Å²) in [6.45, 7) is 6.89. The lowest BCUT2D eigenvalue weighted by molar-refractivity contribution is -0.131. The maximum Gasteiger partial charge on any atom is 0.242 e. The molecule has 0 radical (unpaired) electrons. The molecule has 1 amide bonds. The van der Waals surface area contributed by atoms with Gasteiger partial charge in [-0.25, -0.2) is 0 Å². The number of likely N-dealkylation sites (N-methyl/N-ethyl adjacent to an activating group) is 1. The van der Waals surface area contributed by atoms with Crippen molar-refractivity contribution in [1.82, 2.24) is 19.7 Å². The summed E-state index contributed by atoms with van der Waals surface area (Å²) < 4.78 is 2.19. The number of hydrogen-bond donors (Lipinski definition) is 1. The van der Waals surface area contributed by atoms with Crippen molar-refractivity contribution in [1.29, 1.82) is 0 Å². The Morgan fingerprint density at radius 2 is 1.78 bits per heavy atom. The number of hydrogen-bond acceptors (Lipinski definition) is 3. The van der Waals surface area contributed by atoms with Gasteiger partial charge in [-0.1, -0.05) is 53.6 Å². The third-order valence-electron chi connectivity index (χ3n) is 4.69. The number of aryl methyl sites for hydroxylation is 3. The van der Waals surface area contributed by atoms with Crippen LogP contribution in [0.5, 0.6) is 0 Å². The molecule has 0 fully saturated rings. The van der Waals surface area contributed by atoms with Crippen LogP contribution >= 0.6 is 12.2 Å². The summed E-state index contributed by atoms with van der Waals surface area (Å²) in [7, 11) is 1.82. The van der Waals surface area contributed by atoms with Gasteiger partial charge in [-0.2, -0.15) is 5.10 Å². The van der Waals surface area contributed by atoms with E-state index in [0.29, 0.717) is 17.1 Å². The van der Waals surface area contributed by atoms with Crippen molar-refractivity contribution in [3.05, 3.63) is 69.5 Å². The van der Waals surface area contributed by atoms with Crippen LogP contribution < -0.4 is 0 Å². The minimum atomic E-state index is -0.0131. The Morgan fingerprint density at radius 3 is 2.44 bits per heavy atom. The average Bonchev–Trinajstić information content (AvgIpc) is 2.98. The predicted octanol–water partition coefficient (Wildman–Crippen LogP) is 4.19. The molecule has 0 aliphatic rings. The van der Waals surface area contributed by atoms with Crippen LogP contribution in [0, 0.1) is 25.5 Å². The number of benzene rings is 2. The fraction of sp³-hybridized carbons (Fsp3) is 0.286. The lowest BCUT2D eigenvalue weighted by Gasteiger charge is -2.19. The molecule has 140 valence electrons. The fourth-order valence-corrected chi connectivity index (χ4v) is 3.21. The van der Waals surface area contributed by atoms with Crippen LogP contribution in [0.15, 0.2) is 42.5 Å². The summed E-state index contributed by atoms with van der Waals surface area (Å²) in [6.07, 6.45) is 0. The molecular formula is C21H24N4OS. The zero-order chi connectivity index (χ0) is 19.6. The van der Waals surface area contributed by atoms with Gasteiger partial charge in [0, 0.05) is 19.2 Å². The Bertz CT molecular complexity index is 1020. The largest absolute Gasteiger partial charge is 0.340 e. The zero-order valence-electron chi connectivity index (χ0n) is 16.1. The highest BCUT2D eigenvalue weighted by Crippen LogP contribution is 2.18. The molecule has 2 aromatic carbocycles. The number of H-pyrrole nitrogens is 1. The molecule has 3 rings (SSSR count). The first-order valence-corrected chi connectivity index (χ1v) is 9.28. The van der Waals surface area contributed by atoms with Crippen molar-refractivity contribution in [2.45, 2.75) is 33.9 Å². The molecule has 5 nitrogen and oxygen atoms in total. The van der Waals surface area contributed by atoms with E-state index in [1.165, 1.54) is 16.7 Å². The first-order valence-electron chi connectivity index (χ1n) is 8.87. The third-order valence-corrected chi connectivity index (χ3v) is 5.00. The van der Waals surface area contributed by atoms with Crippen LogP contribution in [0.4, 0.5) is 0 Å². The predicted molar refractivity (Wildman–Crippen MR) is 110 cm³/mol. The summed E-state index contributed by atoms with van der Waals surface area (Å²) in [5.74, 6) is 0.661. The molecule has 27 heavy (non-hydrogen) atoms. The summed E-state index contributed by atoms with van der Waals surface area (Å²) >= 11 is 5.34. The number of rotatable bonds is 5. The van der Waals surface area contributed by atoms with E-state index in [9.17, 15) is 4.79 Å². The molecule has 0 unspecified atom stereocenters. The van der Waals surface area contributed by atoms with E-state index in [0.717, 1.165) is 11.1 Å². The standard InChI is InChI=1S/C21H24N4OS/c1-14-5-8-17(9-6-14)20-22-23-21(27)25(20)13-19(26)24(4)12-18-10-7-15(2)11-16(18)3/h5-11H,12-13H2,1-4H3,(H,23,27). The number of nitrogens with one attached hydrogen (secondary N) is 1. The van der Waals surface area contributed by atoms with Gasteiger partial charge >= 0.3 is 0 Å². The molecule has 1 aromatic heterocycles. The summed E-state index contributed by atoms with van der Waals surface area (Å²) in [4.78, 5) is 14.5. The van der Waals surface area contributed by atoms with E-state index >= 15 is 0 Å². The first-order chi connectivity index (χ1) is 12.8. The van der Waals surface area contributed by atoms with Gasteiger partial charge in [0.25, 0.3) is 0 Å². The van der Waals surface area contributed by atoms with E-state index in [1.807, 2.05) is 38.2 Å². The molecule has 0 aliphatic heterocycles. The third kappa shape index (κ3) is 4.34. The molecule has 0 atom stereocenters. The Hall–Kier alpha value is -2.73. The first kappa shape index (κ1) is 19.0. The molecule has 0 saturated carbocycles. The number of carbonyl (C=O) groups is 1. The van der Waals surface area contributed by atoms with Gasteiger partial charge in [-0.05, 0) is 44.1 Å². The molecule has 1 N–H and O–H groups in total. The van der Waals surface area contributed by atoms with Crippen LogP contribution in [0.3, 0.4) is 0 Å². The van der Waals surface area contributed by atoms with Crippen molar-refractivity contribution in [2.24, 2.45) is 0 Å². The van der Waals surface area contributed by atoms with E-state index in [1.54, 1.807) is 9.47 Å². The SMILES string of the molecule is Cc1ccc(-c2n[nH]c(=S)n2CC(=O)N(C)Cc2ccc(C)cc2C)cc1. The molecule has 0 saturated heterocycles. The maximum atomic E-state index is 12.8. The second-order valence-electron chi connectivity index (χ2n) is 6.98. The van der Waals surface area contributed by atoms with Crippen molar-refractivity contribution in [3.63, 3.8) is 0 Å². The number of aromatic nitrogens is 3. The van der Waals surface area contributed by atoms with E-state index in [4.69, 9.17) is 12.2 Å². The minimum absolute atomic E-state index is 0.0131. The van der Waals surface area contributed by atoms with E-state index in [2.05, 4.69) is 42.2 Å². The molecular weight excluding hydrogens is 356 g/mol. The Morgan fingerprint density at radius 1 is 1.11 bits per heavy atom. The molecule has 0 aliphatic carbocycles. The van der Waals surface area contributed by atoms with Gasteiger partial charge in [0.05, 0.1) is 0 Å². The van der Waals surface area contributed by atoms with Crippen LogP contribution in [0.2, 0.25) is 0 Å². The lowest BCUT2D eigenvalue weighted by atomic mass is 10.1. The van der Waals surface area contributed by atoms with Crippen molar-refractivity contribution in [2.75, 3.05) is 7.05 Å². The van der Waals surface area contributed by atoms with Gasteiger partial charge in [0.1, 0.15) is 6.54 Å². The Kier molecular flexibility index (Phi) is 5.56. The van der Waals surface area contributed by atoms with Gasteiger partial charge in [-0.15, -0.1) is 0 Å². The minimum Gasteiger partial charge on any atom is -0.340 e. The Labute approximate surface area is 164 Å². The van der Waals surface area contributed by atoms with Gasteiger partial charge < -0.3 is 4.90 Å². The zero-order valence-corrected chi connectivity index (χ0v) is 16.9. The molecule has 0 spiro atoms. The number of aromatic amines is 1. The summed E-state index contributed by atoms with van der Waals surface area (Å²) in [6, 6.07) is 14.3. The van der Waals surface area contributed by atoms with Crippen molar-refractivity contribution in [3.8, 4) is 11.4 Å². The summed E-state index contributed by atoms with van der Waals surface area (Å²) in [5.41, 5.74) is 5.65. The van der Waals surface area contributed by atoms with Gasteiger partial charge in [-0.3, -0.25) is 14.5 Å². The fourth-order valence-electron chi connectivity index (χ4n) is 3.01. The van der Waals surface area contributed by atoms with Crippen LogP contribution in [-0.4, -0.2) is 32.6 Å². The van der Waals surface area contributed by atoms with Crippen LogP contribution in [0.1, 0.15) is 22.3 Å². The normalized spacial score (nSPS) is 10.8. The van der Waals surface area contributed by atoms with Gasteiger partial charge in [0.15, 0.2) is 10.6 Å². The lowest BCUT2D eigenvalue weighted by Crippen LogP contribution is -2.30. The maximum absolute atomic E-state index is 12.8. The van der Waals surface area contributed by atoms with Crippen LogP contribution in [-0.2, 0) is 17.9 Å². The summed E-state index contributed by atoms with van der Waals surface area (Å²) in [5, 5.41) is 7.12. The van der Waals surface area contributed by atoms with E-state index < -0.39 is 0 Å². The highest BCUT2D eigenvalue weighted by atomic mass is 32.1. The number of nitrogens with zero attached hydrogens (tertiary/aromatic N) is 3. The monoisotopic (exact) mass is 380 g/mol. The number of carbonyl (C=O) groups excluding carboxylic acids is 1. The van der Waals surface area contributed by atoms with E-state index in [-0.39, 0.29) is 12.5 Å². The van der Waals surface area contributed by atoms with Crippen molar-refractivity contribution >= 4 is 18.1 Å². The smallest absolute Gasteiger partial charge is 0.242 e. The molecule has 3 aromatic rings. The Balaban J connectivity index is 1.78. The molecule has 1 heterocycles. The van der Waals surface area contributed by atoms with Crippen molar-refractivity contribution < 1.29 is 4.79 Å². The van der Waals surface area contributed by atoms with Gasteiger partial charge in [0.2, 0.25) is 5.91 Å². The quantitative estimate of drug-likeness (QED) is 0.675.